The minimum absolute atomic E-state index is 0.00302. The molecule has 1 N–H and O–H groups in total. The van der Waals surface area contributed by atoms with Gasteiger partial charge in [0.15, 0.2) is 10.8 Å². The Morgan fingerprint density at radius 2 is 1.93 bits per heavy atom. The van der Waals surface area contributed by atoms with E-state index in [1.807, 2.05) is 30.3 Å². The summed E-state index contributed by atoms with van der Waals surface area (Å²) in [6.45, 7) is 0. The van der Waals surface area contributed by atoms with Gasteiger partial charge in [-0.2, -0.15) is 5.26 Å². The smallest absolute Gasteiger partial charge is 0.266 e. The second-order valence-electron chi connectivity index (χ2n) is 5.79. The van der Waals surface area contributed by atoms with Gasteiger partial charge in [-0.1, -0.05) is 24.3 Å². The molecule has 136 valence electrons. The summed E-state index contributed by atoms with van der Waals surface area (Å²) in [5.41, 5.74) is 0.676. The van der Waals surface area contributed by atoms with Gasteiger partial charge in [0.25, 0.3) is 5.91 Å². The van der Waals surface area contributed by atoms with E-state index in [4.69, 9.17) is 4.42 Å². The minimum atomic E-state index is -0.717. The first-order valence-corrected chi connectivity index (χ1v) is 9.09. The highest BCUT2D eigenvalue weighted by Crippen LogP contribution is 2.31. The third-order valence-electron chi connectivity index (χ3n) is 3.91. The van der Waals surface area contributed by atoms with Crippen molar-refractivity contribution < 1.29 is 13.6 Å². The van der Waals surface area contributed by atoms with Crippen LogP contribution in [0.4, 0.5) is 10.1 Å². The number of furan rings is 1. The van der Waals surface area contributed by atoms with Crippen LogP contribution in [0.5, 0.6) is 0 Å². The number of anilines is 1. The Labute approximate surface area is 163 Å². The predicted octanol–water partition coefficient (Wildman–Crippen LogP) is 5.24. The molecule has 0 bridgehead atoms. The summed E-state index contributed by atoms with van der Waals surface area (Å²) in [5, 5.41) is 12.4. The van der Waals surface area contributed by atoms with Gasteiger partial charge in [-0.3, -0.25) is 4.79 Å². The van der Waals surface area contributed by atoms with Gasteiger partial charge >= 0.3 is 0 Å². The molecule has 4 aromatic rings. The molecule has 0 aliphatic carbocycles. The zero-order valence-corrected chi connectivity index (χ0v) is 15.2. The van der Waals surface area contributed by atoms with E-state index >= 15 is 0 Å². The van der Waals surface area contributed by atoms with Gasteiger partial charge in [-0.15, -0.1) is 11.3 Å². The van der Waals surface area contributed by atoms with E-state index in [9.17, 15) is 14.4 Å². The first kappa shape index (κ1) is 17.6. The molecule has 2 heterocycles. The zero-order valence-electron chi connectivity index (χ0n) is 14.3. The van der Waals surface area contributed by atoms with Crippen LogP contribution in [-0.4, -0.2) is 10.9 Å². The predicted molar refractivity (Wildman–Crippen MR) is 106 cm³/mol. The van der Waals surface area contributed by atoms with Crippen LogP contribution < -0.4 is 5.32 Å². The maximum absolute atomic E-state index is 13.7. The highest BCUT2D eigenvalue weighted by molar-refractivity contribution is 7.21. The van der Waals surface area contributed by atoms with Crippen LogP contribution in [0.25, 0.3) is 27.1 Å². The number of carbonyl (C=O) groups is 1. The van der Waals surface area contributed by atoms with Crippen molar-refractivity contribution in [1.82, 2.24) is 4.98 Å². The fourth-order valence-electron chi connectivity index (χ4n) is 2.57. The van der Waals surface area contributed by atoms with Crippen LogP contribution in [0.15, 0.2) is 70.7 Å². The number of benzene rings is 2. The lowest BCUT2D eigenvalue weighted by atomic mass is 10.2. The molecule has 7 heteroatoms. The monoisotopic (exact) mass is 389 g/mol. The molecule has 0 fully saturated rings. The lowest BCUT2D eigenvalue weighted by Crippen LogP contribution is -2.14. The number of fused-ring (bicyclic) bond motifs is 1. The topological polar surface area (TPSA) is 78.9 Å². The van der Waals surface area contributed by atoms with Crippen LogP contribution in [0.3, 0.4) is 0 Å². The summed E-state index contributed by atoms with van der Waals surface area (Å²) >= 11 is 1.49. The number of thiazole rings is 1. The normalized spacial score (nSPS) is 11.4. The number of para-hydroxylation sites is 2. The summed E-state index contributed by atoms with van der Waals surface area (Å²) in [5.74, 6) is -0.427. The van der Waals surface area contributed by atoms with E-state index < -0.39 is 11.7 Å². The number of carbonyl (C=O) groups excluding carboxylic acids is 1. The third-order valence-corrected chi connectivity index (χ3v) is 4.96. The van der Waals surface area contributed by atoms with Crippen molar-refractivity contribution in [2.75, 3.05) is 5.32 Å². The summed E-state index contributed by atoms with van der Waals surface area (Å²) in [7, 11) is 0. The summed E-state index contributed by atoms with van der Waals surface area (Å²) in [6.07, 6.45) is 1.31. The van der Waals surface area contributed by atoms with Gasteiger partial charge in [-0.05, 0) is 36.4 Å². The molecule has 5 nitrogen and oxygen atoms in total. The SMILES string of the molecule is N#C/C(=C\c1ccc(-c2nc3ccccc3s2)o1)C(=O)Nc1ccccc1F. The number of rotatable bonds is 4. The molecule has 2 aromatic carbocycles. The Hall–Kier alpha value is -3.76. The molecule has 0 saturated heterocycles. The van der Waals surface area contributed by atoms with Crippen LogP contribution >= 0.6 is 11.3 Å². The maximum Gasteiger partial charge on any atom is 0.266 e. The van der Waals surface area contributed by atoms with Crippen LogP contribution in [-0.2, 0) is 4.79 Å². The second-order valence-corrected chi connectivity index (χ2v) is 6.82. The Balaban J connectivity index is 1.58. The fourth-order valence-corrected chi connectivity index (χ4v) is 3.49. The molecule has 0 saturated carbocycles. The number of aromatic nitrogens is 1. The molecular weight excluding hydrogens is 377 g/mol. The van der Waals surface area contributed by atoms with Crippen LogP contribution in [0.1, 0.15) is 5.76 Å². The highest BCUT2D eigenvalue weighted by Gasteiger charge is 2.14. The minimum Gasteiger partial charge on any atom is -0.454 e. The van der Waals surface area contributed by atoms with Crippen molar-refractivity contribution in [2.45, 2.75) is 0 Å². The molecule has 0 radical (unpaired) electrons. The first-order valence-electron chi connectivity index (χ1n) is 8.27. The Kier molecular flexibility index (Phi) is 4.70. The number of amides is 1. The van der Waals surface area contributed by atoms with Crippen molar-refractivity contribution in [1.29, 1.82) is 5.26 Å². The average molecular weight is 389 g/mol. The first-order chi connectivity index (χ1) is 13.6. The largest absolute Gasteiger partial charge is 0.454 e. The summed E-state index contributed by atoms with van der Waals surface area (Å²) < 4.78 is 20.4. The molecule has 1 amide bonds. The molecule has 0 aliphatic heterocycles. The van der Waals surface area contributed by atoms with E-state index in [1.54, 1.807) is 18.2 Å². The average Bonchev–Trinajstić information content (AvgIpc) is 3.34. The maximum atomic E-state index is 13.7. The standard InChI is InChI=1S/C21H12FN3O2S/c22-15-5-1-2-6-16(15)24-20(26)13(12-23)11-14-9-10-18(27-14)21-25-17-7-3-4-8-19(17)28-21/h1-11H,(H,24,26)/b13-11+. The van der Waals surface area contributed by atoms with E-state index in [2.05, 4.69) is 10.3 Å². The quantitative estimate of drug-likeness (QED) is 0.382. The number of halogens is 1. The second kappa shape index (κ2) is 7.47. The third kappa shape index (κ3) is 3.54. The number of nitrogens with one attached hydrogen (secondary N) is 1. The molecule has 0 unspecified atom stereocenters. The molecular formula is C21H12FN3O2S. The molecule has 28 heavy (non-hydrogen) atoms. The Morgan fingerprint density at radius 1 is 1.14 bits per heavy atom. The van der Waals surface area contributed by atoms with Crippen molar-refractivity contribution in [3.05, 3.63) is 77.8 Å². The highest BCUT2D eigenvalue weighted by atomic mass is 32.1. The van der Waals surface area contributed by atoms with E-state index in [0.29, 0.717) is 16.5 Å². The summed E-state index contributed by atoms with van der Waals surface area (Å²) in [4.78, 5) is 16.8. The molecule has 0 aliphatic rings. The van der Waals surface area contributed by atoms with Gasteiger partial charge in [0.2, 0.25) is 0 Å². The fraction of sp³-hybridized carbons (Fsp3) is 0. The summed E-state index contributed by atoms with van der Waals surface area (Å²) in [6, 6.07) is 18.7. The van der Waals surface area contributed by atoms with Gasteiger partial charge < -0.3 is 9.73 Å². The zero-order chi connectivity index (χ0) is 19.5. The van der Waals surface area contributed by atoms with Crippen LogP contribution in [0, 0.1) is 17.1 Å². The molecule has 0 spiro atoms. The Morgan fingerprint density at radius 3 is 2.71 bits per heavy atom. The van der Waals surface area contributed by atoms with Gasteiger partial charge in [-0.25, -0.2) is 9.37 Å². The number of nitriles is 1. The van der Waals surface area contributed by atoms with Gasteiger partial charge in [0, 0.05) is 6.08 Å². The van der Waals surface area contributed by atoms with Crippen molar-refractivity contribution in [3.8, 4) is 16.8 Å². The van der Waals surface area contributed by atoms with E-state index in [0.717, 1.165) is 10.2 Å². The number of hydrogen-bond acceptors (Lipinski definition) is 5. The van der Waals surface area contributed by atoms with Crippen molar-refractivity contribution in [3.63, 3.8) is 0 Å². The molecule has 4 rings (SSSR count). The van der Waals surface area contributed by atoms with Gasteiger partial charge in [0.1, 0.15) is 23.2 Å². The van der Waals surface area contributed by atoms with Gasteiger partial charge in [0.05, 0.1) is 15.9 Å². The molecule has 0 atom stereocenters. The van der Waals surface area contributed by atoms with E-state index in [1.165, 1.54) is 35.6 Å². The molecule has 2 aromatic heterocycles. The Bertz CT molecular complexity index is 1220. The van der Waals surface area contributed by atoms with Crippen LogP contribution in [0.2, 0.25) is 0 Å². The lowest BCUT2D eigenvalue weighted by Gasteiger charge is -2.04. The van der Waals surface area contributed by atoms with Crippen molar-refractivity contribution >= 4 is 39.2 Å². The van der Waals surface area contributed by atoms with Crippen molar-refractivity contribution in [2.24, 2.45) is 0 Å². The van der Waals surface area contributed by atoms with E-state index in [-0.39, 0.29) is 11.3 Å². The number of hydrogen-bond donors (Lipinski definition) is 1. The lowest BCUT2D eigenvalue weighted by molar-refractivity contribution is -0.112. The number of nitrogens with zero attached hydrogens (tertiary/aromatic N) is 2.